The van der Waals surface area contributed by atoms with Crippen LogP contribution in [-0.2, 0) is 20.7 Å². The van der Waals surface area contributed by atoms with E-state index in [1.165, 1.54) is 18.4 Å². The summed E-state index contributed by atoms with van der Waals surface area (Å²) in [4.78, 5) is 26.3. The first kappa shape index (κ1) is 17.1. The van der Waals surface area contributed by atoms with Crippen LogP contribution in [0.5, 0.6) is 0 Å². The molecule has 0 saturated heterocycles. The van der Waals surface area contributed by atoms with Gasteiger partial charge in [0.15, 0.2) is 6.04 Å². The number of hydrogen-bond donors (Lipinski definition) is 0. The number of likely N-dealkylation sites (N-methyl/N-ethyl adjacent to an activating group) is 1. The average Bonchev–Trinajstić information content (AvgIpc) is 3.03. The normalized spacial score (nSPS) is 11.8. The zero-order chi connectivity index (χ0) is 17.0. The number of benzene rings is 1. The molecule has 2 rings (SSSR count). The largest absolute Gasteiger partial charge is 0.467 e. The van der Waals surface area contributed by atoms with Gasteiger partial charge >= 0.3 is 5.97 Å². The first-order valence-electron chi connectivity index (χ1n) is 6.75. The highest BCUT2D eigenvalue weighted by Crippen LogP contribution is 2.26. The van der Waals surface area contributed by atoms with Crippen molar-refractivity contribution >= 4 is 23.2 Å². The molecular weight excluding hydrogens is 324 g/mol. The summed E-state index contributed by atoms with van der Waals surface area (Å²) in [5.41, 5.74) is -0.237. The van der Waals surface area contributed by atoms with Gasteiger partial charge in [0.25, 0.3) is 0 Å². The Kier molecular flexibility index (Phi) is 5.44. The van der Waals surface area contributed by atoms with E-state index < -0.39 is 29.6 Å². The van der Waals surface area contributed by atoms with E-state index in [0.29, 0.717) is 0 Å². The van der Waals surface area contributed by atoms with Crippen molar-refractivity contribution in [2.75, 3.05) is 14.2 Å². The summed E-state index contributed by atoms with van der Waals surface area (Å²) in [7, 11) is 2.49. The van der Waals surface area contributed by atoms with Gasteiger partial charge in [-0.15, -0.1) is 11.3 Å². The Bertz CT molecular complexity index is 703. The Hall–Kier alpha value is -2.28. The predicted octanol–water partition coefficient (Wildman–Crippen LogP) is 2.94. The Morgan fingerprint density at radius 2 is 2.04 bits per heavy atom. The van der Waals surface area contributed by atoms with E-state index in [1.54, 1.807) is 12.1 Å². The molecule has 1 amide bonds. The number of amides is 1. The highest BCUT2D eigenvalue weighted by Gasteiger charge is 2.32. The molecule has 0 aliphatic rings. The fraction of sp³-hybridized carbons (Fsp3) is 0.250. The topological polar surface area (TPSA) is 46.6 Å². The van der Waals surface area contributed by atoms with Crippen LogP contribution >= 0.6 is 11.3 Å². The smallest absolute Gasteiger partial charge is 0.333 e. The van der Waals surface area contributed by atoms with Crippen LogP contribution < -0.4 is 0 Å². The highest BCUT2D eigenvalue weighted by molar-refractivity contribution is 7.10. The van der Waals surface area contributed by atoms with Gasteiger partial charge in [0.1, 0.15) is 11.6 Å². The van der Waals surface area contributed by atoms with E-state index in [4.69, 9.17) is 0 Å². The Balaban J connectivity index is 2.32. The number of ether oxygens (including phenoxy) is 1. The summed E-state index contributed by atoms with van der Waals surface area (Å²) < 4.78 is 32.1. The van der Waals surface area contributed by atoms with Crippen molar-refractivity contribution in [1.82, 2.24) is 4.90 Å². The lowest BCUT2D eigenvalue weighted by molar-refractivity contribution is -0.152. The van der Waals surface area contributed by atoms with Crippen molar-refractivity contribution < 1.29 is 23.1 Å². The summed E-state index contributed by atoms with van der Waals surface area (Å²) in [6, 6.07) is 5.00. The van der Waals surface area contributed by atoms with E-state index in [2.05, 4.69) is 4.74 Å². The summed E-state index contributed by atoms with van der Waals surface area (Å²) in [5, 5.41) is 1.83. The first-order valence-corrected chi connectivity index (χ1v) is 7.62. The molecule has 0 N–H and O–H groups in total. The second kappa shape index (κ2) is 7.32. The summed E-state index contributed by atoms with van der Waals surface area (Å²) in [6.07, 6.45) is 0.0681. The minimum atomic E-state index is -1.34. The maximum Gasteiger partial charge on any atom is 0.333 e. The maximum absolute atomic E-state index is 14.0. The summed E-state index contributed by atoms with van der Waals surface area (Å²) >= 11 is 1.40. The molecule has 1 heterocycles. The van der Waals surface area contributed by atoms with Crippen LogP contribution in [0.25, 0.3) is 0 Å². The van der Waals surface area contributed by atoms with E-state index in [9.17, 15) is 18.4 Å². The molecule has 0 saturated carbocycles. The van der Waals surface area contributed by atoms with Crippen molar-refractivity contribution in [2.24, 2.45) is 0 Å². The number of hydrogen-bond acceptors (Lipinski definition) is 4. The minimum absolute atomic E-state index is 0.0681. The second-order valence-electron chi connectivity index (χ2n) is 4.85. The number of esters is 1. The zero-order valence-electron chi connectivity index (χ0n) is 12.6. The predicted molar refractivity (Wildman–Crippen MR) is 81.9 cm³/mol. The van der Waals surface area contributed by atoms with E-state index in [-0.39, 0.29) is 12.0 Å². The standard InChI is InChI=1S/C16H15F2NO3S/c1-19(14(20)9-11-4-3-7-23-11)15(16(21)22-2)12-8-10(17)5-6-13(12)18/h3-8,15H,9H2,1-2H3/t15-/m0/s1. The lowest BCUT2D eigenvalue weighted by atomic mass is 10.0. The highest BCUT2D eigenvalue weighted by atomic mass is 32.1. The van der Waals surface area contributed by atoms with Crippen LogP contribution in [0.3, 0.4) is 0 Å². The Morgan fingerprint density at radius 1 is 1.30 bits per heavy atom. The van der Waals surface area contributed by atoms with Crippen molar-refractivity contribution in [3.63, 3.8) is 0 Å². The molecule has 4 nitrogen and oxygen atoms in total. The Labute approximate surface area is 136 Å². The molecule has 122 valence electrons. The monoisotopic (exact) mass is 339 g/mol. The van der Waals surface area contributed by atoms with E-state index in [1.807, 2.05) is 5.38 Å². The van der Waals surface area contributed by atoms with Crippen molar-refractivity contribution in [3.05, 3.63) is 57.8 Å². The van der Waals surface area contributed by atoms with Gasteiger partial charge in [0.2, 0.25) is 5.91 Å². The lowest BCUT2D eigenvalue weighted by Crippen LogP contribution is -2.37. The van der Waals surface area contributed by atoms with Gasteiger partial charge < -0.3 is 9.64 Å². The molecule has 0 radical (unpaired) electrons. The van der Waals surface area contributed by atoms with Crippen LogP contribution in [0.1, 0.15) is 16.5 Å². The van der Waals surface area contributed by atoms with Gasteiger partial charge in [-0.25, -0.2) is 13.6 Å². The zero-order valence-corrected chi connectivity index (χ0v) is 13.4. The molecule has 0 aliphatic heterocycles. The molecule has 0 bridgehead atoms. The van der Waals surface area contributed by atoms with E-state index in [0.717, 1.165) is 35.1 Å². The van der Waals surface area contributed by atoms with Crippen LogP contribution in [0, 0.1) is 11.6 Å². The average molecular weight is 339 g/mol. The number of carbonyl (C=O) groups excluding carboxylic acids is 2. The molecule has 0 fully saturated rings. The number of nitrogens with zero attached hydrogens (tertiary/aromatic N) is 1. The number of methoxy groups -OCH3 is 1. The third-order valence-electron chi connectivity index (χ3n) is 3.36. The SMILES string of the molecule is COC(=O)[C@H](c1cc(F)ccc1F)N(C)C(=O)Cc1cccs1. The molecular formula is C16H15F2NO3S. The van der Waals surface area contributed by atoms with Crippen LogP contribution in [0.15, 0.2) is 35.7 Å². The first-order chi connectivity index (χ1) is 10.9. The van der Waals surface area contributed by atoms with Gasteiger partial charge in [0.05, 0.1) is 13.5 Å². The number of rotatable bonds is 5. The van der Waals surface area contributed by atoms with Crippen LogP contribution in [0.2, 0.25) is 0 Å². The van der Waals surface area contributed by atoms with Gasteiger partial charge in [-0.2, -0.15) is 0 Å². The van der Waals surface area contributed by atoms with Crippen LogP contribution in [0.4, 0.5) is 8.78 Å². The fourth-order valence-electron chi connectivity index (χ4n) is 2.16. The molecule has 7 heteroatoms. The van der Waals surface area contributed by atoms with Gasteiger partial charge in [-0.3, -0.25) is 4.79 Å². The molecule has 0 aliphatic carbocycles. The summed E-state index contributed by atoms with van der Waals surface area (Å²) in [6.45, 7) is 0. The molecule has 1 aromatic carbocycles. The molecule has 1 aromatic heterocycles. The third-order valence-corrected chi connectivity index (χ3v) is 4.24. The van der Waals surface area contributed by atoms with E-state index >= 15 is 0 Å². The number of thiophene rings is 1. The van der Waals surface area contributed by atoms with Gasteiger partial charge in [-0.05, 0) is 29.6 Å². The van der Waals surface area contributed by atoms with Gasteiger partial charge in [0, 0.05) is 17.5 Å². The quantitative estimate of drug-likeness (QED) is 0.787. The second-order valence-corrected chi connectivity index (χ2v) is 5.88. The number of halogens is 2. The molecule has 0 spiro atoms. The van der Waals surface area contributed by atoms with Crippen LogP contribution in [-0.4, -0.2) is 30.9 Å². The minimum Gasteiger partial charge on any atom is -0.467 e. The van der Waals surface area contributed by atoms with Gasteiger partial charge in [-0.1, -0.05) is 6.07 Å². The molecule has 2 aromatic rings. The fourth-order valence-corrected chi connectivity index (χ4v) is 2.86. The molecule has 1 atom stereocenters. The summed E-state index contributed by atoms with van der Waals surface area (Å²) in [5.74, 6) is -2.71. The molecule has 23 heavy (non-hydrogen) atoms. The van der Waals surface area contributed by atoms with Crippen molar-refractivity contribution in [2.45, 2.75) is 12.5 Å². The third kappa shape index (κ3) is 3.92. The number of carbonyl (C=O) groups is 2. The Morgan fingerprint density at radius 3 is 2.65 bits per heavy atom. The van der Waals surface area contributed by atoms with Crippen molar-refractivity contribution in [3.8, 4) is 0 Å². The maximum atomic E-state index is 14.0. The molecule has 0 unspecified atom stereocenters. The van der Waals surface area contributed by atoms with Crippen molar-refractivity contribution in [1.29, 1.82) is 0 Å². The lowest BCUT2D eigenvalue weighted by Gasteiger charge is -2.26.